The second-order valence-corrected chi connectivity index (χ2v) is 7.53. The van der Waals surface area contributed by atoms with E-state index in [2.05, 4.69) is 19.9 Å². The van der Waals surface area contributed by atoms with Crippen molar-refractivity contribution in [3.8, 4) is 0 Å². The fourth-order valence-electron chi connectivity index (χ4n) is 3.86. The van der Waals surface area contributed by atoms with Gasteiger partial charge in [-0.3, -0.25) is 14.5 Å². The summed E-state index contributed by atoms with van der Waals surface area (Å²) in [5.74, 6) is -0.287. The van der Waals surface area contributed by atoms with Gasteiger partial charge in [0, 0.05) is 12.1 Å². The van der Waals surface area contributed by atoms with E-state index in [1.165, 1.54) is 5.57 Å². The van der Waals surface area contributed by atoms with Crippen LogP contribution < -0.4 is 10.6 Å². The van der Waals surface area contributed by atoms with Crippen LogP contribution in [0.15, 0.2) is 35.9 Å². The predicted octanol–water partition coefficient (Wildman–Crippen LogP) is 2.67. The van der Waals surface area contributed by atoms with Crippen LogP contribution in [0.1, 0.15) is 33.3 Å². The Balaban J connectivity index is 1.95. The molecular formula is C19H24N2O2. The summed E-state index contributed by atoms with van der Waals surface area (Å²) in [4.78, 5) is 26.7. The Kier molecular flexibility index (Phi) is 3.58. The highest BCUT2D eigenvalue weighted by atomic mass is 16.2. The molecule has 1 aromatic carbocycles. The van der Waals surface area contributed by atoms with Crippen molar-refractivity contribution in [1.29, 1.82) is 0 Å². The molecule has 4 heteroatoms. The molecule has 23 heavy (non-hydrogen) atoms. The summed E-state index contributed by atoms with van der Waals surface area (Å²) in [6.45, 7) is 8.32. The maximum Gasteiger partial charge on any atom is 0.240 e. The minimum Gasteiger partial charge on any atom is -0.368 e. The smallest absolute Gasteiger partial charge is 0.240 e. The molecular weight excluding hydrogens is 288 g/mol. The highest BCUT2D eigenvalue weighted by molar-refractivity contribution is 6.05. The van der Waals surface area contributed by atoms with Crippen molar-refractivity contribution in [2.45, 2.75) is 40.2 Å². The zero-order valence-electron chi connectivity index (χ0n) is 14.2. The number of rotatable bonds is 3. The van der Waals surface area contributed by atoms with E-state index in [4.69, 9.17) is 5.73 Å². The molecule has 1 heterocycles. The normalized spacial score (nSPS) is 27.3. The van der Waals surface area contributed by atoms with Crippen LogP contribution in [0.3, 0.4) is 0 Å². The fourth-order valence-corrected chi connectivity index (χ4v) is 3.86. The van der Waals surface area contributed by atoms with E-state index in [1.54, 1.807) is 4.90 Å². The highest BCUT2D eigenvalue weighted by Gasteiger charge is 2.62. The van der Waals surface area contributed by atoms with Gasteiger partial charge in [0.05, 0.1) is 5.92 Å². The van der Waals surface area contributed by atoms with Crippen molar-refractivity contribution in [3.05, 3.63) is 41.5 Å². The molecule has 2 aliphatic rings. The average Bonchev–Trinajstić information content (AvgIpc) is 2.83. The Morgan fingerprint density at radius 2 is 1.91 bits per heavy atom. The Hall–Kier alpha value is -2.10. The number of hydrogen-bond acceptors (Lipinski definition) is 2. The summed E-state index contributed by atoms with van der Waals surface area (Å²) in [7, 11) is 0. The van der Waals surface area contributed by atoms with Crippen molar-refractivity contribution in [1.82, 2.24) is 0 Å². The maximum atomic E-state index is 13.2. The molecule has 1 aromatic rings. The zero-order valence-corrected chi connectivity index (χ0v) is 14.2. The van der Waals surface area contributed by atoms with Gasteiger partial charge in [-0.25, -0.2) is 0 Å². The van der Waals surface area contributed by atoms with Gasteiger partial charge < -0.3 is 5.73 Å². The summed E-state index contributed by atoms with van der Waals surface area (Å²) < 4.78 is 0. The molecule has 0 spiro atoms. The van der Waals surface area contributed by atoms with Gasteiger partial charge >= 0.3 is 0 Å². The van der Waals surface area contributed by atoms with Gasteiger partial charge in [-0.15, -0.1) is 0 Å². The second kappa shape index (κ2) is 5.22. The molecule has 0 unspecified atom stereocenters. The molecule has 1 fully saturated rings. The number of para-hydroxylation sites is 1. The molecule has 2 amide bonds. The van der Waals surface area contributed by atoms with Crippen molar-refractivity contribution < 1.29 is 9.59 Å². The van der Waals surface area contributed by atoms with Gasteiger partial charge in [0.2, 0.25) is 11.8 Å². The molecule has 0 radical (unpaired) electrons. The number of primary amides is 1. The number of carbonyl (C=O) groups is 2. The van der Waals surface area contributed by atoms with Crippen LogP contribution in [0, 0.1) is 17.3 Å². The lowest BCUT2D eigenvalue weighted by Crippen LogP contribution is -2.47. The first-order valence-electron chi connectivity index (χ1n) is 8.10. The Labute approximate surface area is 137 Å². The van der Waals surface area contributed by atoms with Crippen LogP contribution in [-0.2, 0) is 16.0 Å². The maximum absolute atomic E-state index is 13.2. The lowest BCUT2D eigenvalue weighted by molar-refractivity contribution is -0.125. The SMILES string of the molecule is CC(C)=C[C@@H]1[C@H](C(=O)N2c3ccccc3C[C@H]2C(N)=O)C1(C)C. The van der Waals surface area contributed by atoms with Crippen LogP contribution in [0.2, 0.25) is 0 Å². The molecule has 122 valence electrons. The number of amides is 2. The first-order valence-corrected chi connectivity index (χ1v) is 8.10. The minimum absolute atomic E-state index is 0.0197. The van der Waals surface area contributed by atoms with Crippen LogP contribution >= 0.6 is 0 Å². The number of allylic oxidation sites excluding steroid dienone is 2. The molecule has 1 saturated carbocycles. The average molecular weight is 312 g/mol. The zero-order chi connectivity index (χ0) is 16.9. The van der Waals surface area contributed by atoms with Crippen LogP contribution in [-0.4, -0.2) is 17.9 Å². The van der Waals surface area contributed by atoms with E-state index < -0.39 is 11.9 Å². The van der Waals surface area contributed by atoms with Gasteiger partial charge in [0.15, 0.2) is 0 Å². The summed E-state index contributed by atoms with van der Waals surface area (Å²) in [6, 6.07) is 7.13. The molecule has 1 aliphatic carbocycles. The fraction of sp³-hybridized carbons (Fsp3) is 0.474. The number of nitrogens with zero attached hydrogens (tertiary/aromatic N) is 1. The third-order valence-electron chi connectivity index (χ3n) is 5.23. The lowest BCUT2D eigenvalue weighted by Gasteiger charge is -2.24. The molecule has 1 aliphatic heterocycles. The molecule has 4 nitrogen and oxygen atoms in total. The van der Waals surface area contributed by atoms with Crippen molar-refractivity contribution in [3.63, 3.8) is 0 Å². The number of nitrogens with two attached hydrogens (primary N) is 1. The van der Waals surface area contributed by atoms with E-state index in [1.807, 2.05) is 38.1 Å². The third kappa shape index (κ3) is 2.46. The first-order chi connectivity index (χ1) is 10.7. The van der Waals surface area contributed by atoms with Crippen molar-refractivity contribution in [2.75, 3.05) is 4.90 Å². The van der Waals surface area contributed by atoms with E-state index in [0.29, 0.717) is 6.42 Å². The van der Waals surface area contributed by atoms with E-state index >= 15 is 0 Å². The standard InChI is InChI=1S/C19H24N2O2/c1-11(2)9-13-16(19(13,3)4)18(23)21-14-8-6-5-7-12(14)10-15(21)17(20)22/h5-9,13,15-16H,10H2,1-4H3,(H2,20,22)/t13-,15+,16-/m1/s1. The minimum atomic E-state index is -0.566. The molecule has 0 bridgehead atoms. The Morgan fingerprint density at radius 3 is 2.52 bits per heavy atom. The summed E-state index contributed by atoms with van der Waals surface area (Å²) in [5, 5.41) is 0. The molecule has 3 atom stereocenters. The van der Waals surface area contributed by atoms with E-state index in [9.17, 15) is 9.59 Å². The summed E-state index contributed by atoms with van der Waals surface area (Å²) >= 11 is 0. The van der Waals surface area contributed by atoms with Crippen molar-refractivity contribution >= 4 is 17.5 Å². The summed E-state index contributed by atoms with van der Waals surface area (Å²) in [5.41, 5.74) is 8.55. The van der Waals surface area contributed by atoms with Gasteiger partial charge in [-0.2, -0.15) is 0 Å². The number of benzene rings is 1. The highest BCUT2D eigenvalue weighted by Crippen LogP contribution is 2.60. The number of fused-ring (bicyclic) bond motifs is 1. The molecule has 2 N–H and O–H groups in total. The largest absolute Gasteiger partial charge is 0.368 e. The number of carbonyl (C=O) groups excluding carboxylic acids is 2. The van der Waals surface area contributed by atoms with E-state index in [0.717, 1.165) is 11.3 Å². The van der Waals surface area contributed by atoms with Gasteiger partial charge in [-0.1, -0.05) is 43.7 Å². The topological polar surface area (TPSA) is 63.4 Å². The monoisotopic (exact) mass is 312 g/mol. The number of anilines is 1. The molecule has 0 aromatic heterocycles. The van der Waals surface area contributed by atoms with Crippen LogP contribution in [0.4, 0.5) is 5.69 Å². The summed E-state index contributed by atoms with van der Waals surface area (Å²) in [6.07, 6.45) is 2.68. The van der Waals surface area contributed by atoms with Gasteiger partial charge in [0.1, 0.15) is 6.04 Å². The lowest BCUT2D eigenvalue weighted by atomic mass is 10.1. The quantitative estimate of drug-likeness (QED) is 0.872. The Bertz CT molecular complexity index is 701. The Morgan fingerprint density at radius 1 is 1.26 bits per heavy atom. The first kappa shape index (κ1) is 15.8. The van der Waals surface area contributed by atoms with Crippen LogP contribution in [0.5, 0.6) is 0 Å². The molecule has 3 rings (SSSR count). The van der Waals surface area contributed by atoms with Crippen molar-refractivity contribution in [2.24, 2.45) is 23.0 Å². The van der Waals surface area contributed by atoms with Crippen LogP contribution in [0.25, 0.3) is 0 Å². The van der Waals surface area contributed by atoms with Gasteiger partial charge in [-0.05, 0) is 36.8 Å². The molecule has 0 saturated heterocycles. The third-order valence-corrected chi connectivity index (χ3v) is 5.23. The van der Waals surface area contributed by atoms with Gasteiger partial charge in [0.25, 0.3) is 0 Å². The number of hydrogen-bond donors (Lipinski definition) is 1. The predicted molar refractivity (Wildman–Crippen MR) is 90.8 cm³/mol. The van der Waals surface area contributed by atoms with E-state index in [-0.39, 0.29) is 23.2 Å². The second-order valence-electron chi connectivity index (χ2n) is 7.53.